The van der Waals surface area contributed by atoms with E-state index in [2.05, 4.69) is 6.58 Å². The third-order valence-corrected chi connectivity index (χ3v) is 4.90. The summed E-state index contributed by atoms with van der Waals surface area (Å²) in [5.74, 6) is -0.768. The van der Waals surface area contributed by atoms with E-state index in [-0.39, 0.29) is 11.3 Å². The van der Waals surface area contributed by atoms with Gasteiger partial charge in [0.2, 0.25) is 0 Å². The topological polar surface area (TPSA) is 66.8 Å². The number of benzene rings is 2. The zero-order chi connectivity index (χ0) is 20.8. The number of unbranched alkanes of at least 4 members (excludes halogenated alkanes) is 1. The number of amides is 1. The Bertz CT molecular complexity index is 916. The third kappa shape index (κ3) is 4.24. The van der Waals surface area contributed by atoms with Gasteiger partial charge in [-0.3, -0.25) is 9.59 Å². The van der Waals surface area contributed by atoms with Crippen LogP contribution in [0.25, 0.3) is 5.76 Å². The summed E-state index contributed by atoms with van der Waals surface area (Å²) < 4.78 is 5.46. The van der Waals surface area contributed by atoms with Crippen LogP contribution in [0.1, 0.15) is 36.9 Å². The summed E-state index contributed by atoms with van der Waals surface area (Å²) in [4.78, 5) is 27.1. The molecule has 1 amide bonds. The maximum absolute atomic E-state index is 12.8. The second-order valence-electron chi connectivity index (χ2n) is 6.88. The van der Waals surface area contributed by atoms with Crippen LogP contribution < -0.4 is 4.74 Å². The molecule has 1 heterocycles. The van der Waals surface area contributed by atoms with Crippen LogP contribution in [0.2, 0.25) is 0 Å². The number of rotatable bonds is 8. The molecule has 1 aliphatic heterocycles. The van der Waals surface area contributed by atoms with Crippen LogP contribution in [0.15, 0.2) is 72.8 Å². The molecular formula is C24H25NO4. The van der Waals surface area contributed by atoms with E-state index in [1.54, 1.807) is 35.2 Å². The SMILES string of the molecule is C=CCOc1ccc(C(O)=C2C(=O)C(=O)N(CCCC)[C@H]2c2ccccc2)cc1. The molecule has 1 saturated heterocycles. The van der Waals surface area contributed by atoms with Gasteiger partial charge in [0.25, 0.3) is 11.7 Å². The van der Waals surface area contributed by atoms with Gasteiger partial charge in [-0.25, -0.2) is 0 Å². The van der Waals surface area contributed by atoms with Gasteiger partial charge in [0.05, 0.1) is 11.6 Å². The summed E-state index contributed by atoms with van der Waals surface area (Å²) in [5, 5.41) is 11.0. The normalized spacial score (nSPS) is 18.1. The van der Waals surface area contributed by atoms with Crippen molar-refractivity contribution in [2.24, 2.45) is 0 Å². The largest absolute Gasteiger partial charge is 0.507 e. The fourth-order valence-electron chi connectivity index (χ4n) is 3.44. The Kier molecular flexibility index (Phi) is 6.50. The number of aliphatic hydroxyl groups is 1. The standard InChI is InChI=1S/C24H25NO4/c1-3-5-15-25-21(17-9-7-6-8-10-17)20(23(27)24(25)28)22(26)18-11-13-19(14-12-18)29-16-4-2/h4,6-14,21,26H,2-3,5,15-16H2,1H3/t21-/m0/s1. The molecule has 1 N–H and O–H groups in total. The first-order valence-corrected chi connectivity index (χ1v) is 9.76. The molecule has 150 valence electrons. The fraction of sp³-hybridized carbons (Fsp3) is 0.250. The zero-order valence-electron chi connectivity index (χ0n) is 16.5. The van der Waals surface area contributed by atoms with Crippen molar-refractivity contribution in [3.8, 4) is 5.75 Å². The molecule has 1 atom stereocenters. The Balaban J connectivity index is 2.04. The molecule has 5 heteroatoms. The number of ether oxygens (including phenoxy) is 1. The number of Topliss-reactive ketones (excluding diaryl/α,β-unsaturated/α-hetero) is 1. The highest BCUT2D eigenvalue weighted by atomic mass is 16.5. The van der Waals surface area contributed by atoms with Gasteiger partial charge in [0.1, 0.15) is 18.1 Å². The zero-order valence-corrected chi connectivity index (χ0v) is 16.5. The monoisotopic (exact) mass is 391 g/mol. The highest BCUT2D eigenvalue weighted by molar-refractivity contribution is 6.46. The lowest BCUT2D eigenvalue weighted by Crippen LogP contribution is -2.30. The highest BCUT2D eigenvalue weighted by Gasteiger charge is 2.45. The van der Waals surface area contributed by atoms with Crippen LogP contribution in [0, 0.1) is 0 Å². The van der Waals surface area contributed by atoms with E-state index in [0.29, 0.717) is 24.5 Å². The second-order valence-corrected chi connectivity index (χ2v) is 6.88. The second kappa shape index (κ2) is 9.24. The lowest BCUT2D eigenvalue weighted by atomic mass is 9.95. The molecule has 3 rings (SSSR count). The van der Waals surface area contributed by atoms with Crippen molar-refractivity contribution in [3.63, 3.8) is 0 Å². The lowest BCUT2D eigenvalue weighted by molar-refractivity contribution is -0.139. The van der Waals surface area contributed by atoms with Crippen LogP contribution in [-0.2, 0) is 9.59 Å². The molecule has 0 aliphatic carbocycles. The summed E-state index contributed by atoms with van der Waals surface area (Å²) in [5.41, 5.74) is 1.39. The van der Waals surface area contributed by atoms with Gasteiger partial charge in [-0.05, 0) is 36.2 Å². The first-order valence-electron chi connectivity index (χ1n) is 9.76. The average molecular weight is 391 g/mol. The molecule has 0 saturated carbocycles. The molecule has 0 unspecified atom stereocenters. The predicted octanol–water partition coefficient (Wildman–Crippen LogP) is 4.47. The van der Waals surface area contributed by atoms with E-state index in [1.165, 1.54) is 0 Å². The van der Waals surface area contributed by atoms with Crippen molar-refractivity contribution >= 4 is 17.4 Å². The van der Waals surface area contributed by atoms with Gasteiger partial charge in [0.15, 0.2) is 0 Å². The van der Waals surface area contributed by atoms with Crippen LogP contribution in [0.5, 0.6) is 5.75 Å². The van der Waals surface area contributed by atoms with E-state index in [4.69, 9.17) is 4.74 Å². The van der Waals surface area contributed by atoms with Crippen LogP contribution in [-0.4, -0.2) is 34.8 Å². The molecule has 0 aromatic heterocycles. The Morgan fingerprint density at radius 3 is 2.45 bits per heavy atom. The number of likely N-dealkylation sites (tertiary alicyclic amines) is 1. The maximum Gasteiger partial charge on any atom is 0.295 e. The smallest absolute Gasteiger partial charge is 0.295 e. The van der Waals surface area contributed by atoms with Crippen molar-refractivity contribution in [3.05, 3.63) is 84.0 Å². The molecule has 1 fully saturated rings. The molecule has 0 bridgehead atoms. The van der Waals surface area contributed by atoms with Gasteiger partial charge < -0.3 is 14.7 Å². The number of ketones is 1. The number of nitrogens with zero attached hydrogens (tertiary/aromatic N) is 1. The summed E-state index contributed by atoms with van der Waals surface area (Å²) in [7, 11) is 0. The van der Waals surface area contributed by atoms with Crippen LogP contribution in [0.4, 0.5) is 0 Å². The van der Waals surface area contributed by atoms with E-state index in [0.717, 1.165) is 18.4 Å². The average Bonchev–Trinajstić information content (AvgIpc) is 3.01. The maximum atomic E-state index is 12.8. The first-order chi connectivity index (χ1) is 14.1. The van der Waals surface area contributed by atoms with Gasteiger partial charge >= 0.3 is 0 Å². The van der Waals surface area contributed by atoms with E-state index < -0.39 is 17.7 Å². The first kappa shape index (κ1) is 20.4. The molecule has 2 aromatic rings. The van der Waals surface area contributed by atoms with E-state index in [9.17, 15) is 14.7 Å². The van der Waals surface area contributed by atoms with Crippen molar-refractivity contribution in [2.75, 3.05) is 13.2 Å². The molecule has 0 spiro atoms. The van der Waals surface area contributed by atoms with Gasteiger partial charge in [0, 0.05) is 12.1 Å². The number of hydrogen-bond donors (Lipinski definition) is 1. The Labute approximate surface area is 170 Å². The Hall–Kier alpha value is -3.34. The number of hydrogen-bond acceptors (Lipinski definition) is 4. The van der Waals surface area contributed by atoms with Crippen LogP contribution >= 0.6 is 0 Å². The summed E-state index contributed by atoms with van der Waals surface area (Å²) in [6.07, 6.45) is 3.33. The van der Waals surface area contributed by atoms with Gasteiger partial charge in [-0.15, -0.1) is 0 Å². The van der Waals surface area contributed by atoms with Crippen molar-refractivity contribution < 1.29 is 19.4 Å². The molecule has 0 radical (unpaired) electrons. The Morgan fingerprint density at radius 2 is 1.83 bits per heavy atom. The van der Waals surface area contributed by atoms with Gasteiger partial charge in [-0.2, -0.15) is 0 Å². The third-order valence-electron chi connectivity index (χ3n) is 4.90. The minimum atomic E-state index is -0.653. The predicted molar refractivity (Wildman–Crippen MR) is 112 cm³/mol. The van der Waals surface area contributed by atoms with Gasteiger partial charge in [-0.1, -0.05) is 56.3 Å². The van der Waals surface area contributed by atoms with Crippen molar-refractivity contribution in [2.45, 2.75) is 25.8 Å². The number of carbonyl (C=O) groups excluding carboxylic acids is 2. The summed E-state index contributed by atoms with van der Waals surface area (Å²) in [6, 6.07) is 15.5. The summed E-state index contributed by atoms with van der Waals surface area (Å²) >= 11 is 0. The van der Waals surface area contributed by atoms with E-state index >= 15 is 0 Å². The molecule has 5 nitrogen and oxygen atoms in total. The summed E-state index contributed by atoms with van der Waals surface area (Å²) in [6.45, 7) is 6.48. The van der Waals surface area contributed by atoms with Crippen molar-refractivity contribution in [1.82, 2.24) is 4.90 Å². The van der Waals surface area contributed by atoms with E-state index in [1.807, 2.05) is 37.3 Å². The lowest BCUT2D eigenvalue weighted by Gasteiger charge is -2.25. The number of carbonyl (C=O) groups is 2. The number of aliphatic hydroxyl groups excluding tert-OH is 1. The Morgan fingerprint density at radius 1 is 1.14 bits per heavy atom. The minimum absolute atomic E-state index is 0.122. The molecule has 2 aromatic carbocycles. The minimum Gasteiger partial charge on any atom is -0.507 e. The molecule has 29 heavy (non-hydrogen) atoms. The molecule has 1 aliphatic rings. The highest BCUT2D eigenvalue weighted by Crippen LogP contribution is 2.39. The van der Waals surface area contributed by atoms with Crippen molar-refractivity contribution in [1.29, 1.82) is 0 Å². The quantitative estimate of drug-likeness (QED) is 0.312. The molecular weight excluding hydrogens is 366 g/mol. The van der Waals surface area contributed by atoms with Crippen LogP contribution in [0.3, 0.4) is 0 Å². The fourth-order valence-corrected chi connectivity index (χ4v) is 3.44.